The number of nitrogens with two attached hydrogens (primary N) is 1. The molecule has 5 nitrogen and oxygen atoms in total. The lowest BCUT2D eigenvalue weighted by Crippen LogP contribution is -2.41. The first-order valence-corrected chi connectivity index (χ1v) is 8.62. The SMILES string of the molecule is CCC(CC)(CN)C(=O)Nc1cccc(C(=O)Nc2cccc(F)c2)c1. The Morgan fingerprint density at radius 2 is 1.62 bits per heavy atom. The van der Waals surface area contributed by atoms with E-state index >= 15 is 0 Å². The molecular weight excluding hydrogens is 333 g/mol. The third-order valence-electron chi connectivity index (χ3n) is 4.69. The van der Waals surface area contributed by atoms with E-state index in [1.165, 1.54) is 18.2 Å². The molecule has 2 amide bonds. The Bertz CT molecular complexity index is 780. The molecule has 0 saturated heterocycles. The van der Waals surface area contributed by atoms with E-state index in [1.807, 2.05) is 13.8 Å². The summed E-state index contributed by atoms with van der Waals surface area (Å²) in [6.07, 6.45) is 1.26. The summed E-state index contributed by atoms with van der Waals surface area (Å²) < 4.78 is 13.2. The number of anilines is 2. The van der Waals surface area contributed by atoms with Gasteiger partial charge in [0.15, 0.2) is 0 Å². The maximum Gasteiger partial charge on any atom is 0.255 e. The number of halogens is 1. The van der Waals surface area contributed by atoms with Crippen molar-refractivity contribution in [2.24, 2.45) is 11.1 Å². The summed E-state index contributed by atoms with van der Waals surface area (Å²) in [5.74, 6) is -0.975. The van der Waals surface area contributed by atoms with Gasteiger partial charge >= 0.3 is 0 Å². The first-order valence-electron chi connectivity index (χ1n) is 8.62. The van der Waals surface area contributed by atoms with E-state index in [0.717, 1.165) is 0 Å². The van der Waals surface area contributed by atoms with Crippen molar-refractivity contribution in [2.75, 3.05) is 17.2 Å². The highest BCUT2D eigenvalue weighted by Crippen LogP contribution is 2.27. The van der Waals surface area contributed by atoms with Crippen LogP contribution in [0.2, 0.25) is 0 Å². The van der Waals surface area contributed by atoms with Crippen molar-refractivity contribution in [3.8, 4) is 0 Å². The molecule has 0 aliphatic carbocycles. The average Bonchev–Trinajstić information content (AvgIpc) is 2.64. The van der Waals surface area contributed by atoms with Gasteiger partial charge in [0.1, 0.15) is 5.82 Å². The Morgan fingerprint density at radius 1 is 1.00 bits per heavy atom. The second-order valence-corrected chi connectivity index (χ2v) is 6.19. The quantitative estimate of drug-likeness (QED) is 0.705. The van der Waals surface area contributed by atoms with E-state index in [-0.39, 0.29) is 18.4 Å². The van der Waals surface area contributed by atoms with Gasteiger partial charge in [0.05, 0.1) is 5.41 Å². The monoisotopic (exact) mass is 357 g/mol. The van der Waals surface area contributed by atoms with Crippen molar-refractivity contribution in [3.05, 3.63) is 59.9 Å². The molecule has 26 heavy (non-hydrogen) atoms. The molecule has 0 aliphatic rings. The predicted molar refractivity (Wildman–Crippen MR) is 101 cm³/mol. The third-order valence-corrected chi connectivity index (χ3v) is 4.69. The van der Waals surface area contributed by atoms with Crippen LogP contribution in [0.15, 0.2) is 48.5 Å². The van der Waals surface area contributed by atoms with Crippen LogP contribution in [-0.4, -0.2) is 18.4 Å². The van der Waals surface area contributed by atoms with Crippen LogP contribution in [0.25, 0.3) is 0 Å². The fourth-order valence-corrected chi connectivity index (χ4v) is 2.72. The fraction of sp³-hybridized carbons (Fsp3) is 0.300. The number of amides is 2. The summed E-state index contributed by atoms with van der Waals surface area (Å²) in [4.78, 5) is 25.0. The van der Waals surface area contributed by atoms with E-state index in [1.54, 1.807) is 30.3 Å². The van der Waals surface area contributed by atoms with E-state index in [0.29, 0.717) is 29.8 Å². The van der Waals surface area contributed by atoms with Gasteiger partial charge in [-0.3, -0.25) is 9.59 Å². The highest BCUT2D eigenvalue weighted by molar-refractivity contribution is 6.05. The van der Waals surface area contributed by atoms with Crippen LogP contribution in [0, 0.1) is 11.2 Å². The number of hydrogen-bond acceptors (Lipinski definition) is 3. The zero-order chi connectivity index (χ0) is 19.2. The van der Waals surface area contributed by atoms with Crippen LogP contribution < -0.4 is 16.4 Å². The molecular formula is C20H24FN3O2. The molecule has 0 bridgehead atoms. The van der Waals surface area contributed by atoms with Crippen LogP contribution in [0.1, 0.15) is 37.0 Å². The molecule has 0 unspecified atom stereocenters. The average molecular weight is 357 g/mol. The number of hydrogen-bond donors (Lipinski definition) is 3. The molecule has 0 radical (unpaired) electrons. The Labute approximate surface area is 152 Å². The number of nitrogens with one attached hydrogen (secondary N) is 2. The molecule has 0 atom stereocenters. The second-order valence-electron chi connectivity index (χ2n) is 6.19. The first-order chi connectivity index (χ1) is 12.4. The van der Waals surface area contributed by atoms with E-state index < -0.39 is 11.2 Å². The largest absolute Gasteiger partial charge is 0.329 e. The first kappa shape index (κ1) is 19.6. The van der Waals surface area contributed by atoms with Crippen molar-refractivity contribution in [3.63, 3.8) is 0 Å². The second kappa shape index (κ2) is 8.58. The third kappa shape index (κ3) is 4.46. The van der Waals surface area contributed by atoms with Gasteiger partial charge in [-0.2, -0.15) is 0 Å². The smallest absolute Gasteiger partial charge is 0.255 e. The lowest BCUT2D eigenvalue weighted by atomic mass is 9.81. The summed E-state index contributed by atoms with van der Waals surface area (Å²) in [6.45, 7) is 4.11. The van der Waals surface area contributed by atoms with Gasteiger partial charge in [-0.05, 0) is 49.2 Å². The lowest BCUT2D eigenvalue weighted by Gasteiger charge is -2.28. The highest BCUT2D eigenvalue weighted by Gasteiger charge is 2.33. The molecule has 138 valence electrons. The normalized spacial score (nSPS) is 11.1. The van der Waals surface area contributed by atoms with Gasteiger partial charge in [0.2, 0.25) is 5.91 Å². The van der Waals surface area contributed by atoms with Crippen molar-refractivity contribution in [2.45, 2.75) is 26.7 Å². The maximum atomic E-state index is 13.2. The Hall–Kier alpha value is -2.73. The van der Waals surface area contributed by atoms with E-state index in [9.17, 15) is 14.0 Å². The molecule has 0 aromatic heterocycles. The Kier molecular flexibility index (Phi) is 6.46. The summed E-state index contributed by atoms with van der Waals surface area (Å²) in [7, 11) is 0. The minimum Gasteiger partial charge on any atom is -0.329 e. The van der Waals surface area contributed by atoms with Crippen molar-refractivity contribution >= 4 is 23.2 Å². The molecule has 2 aromatic rings. The Morgan fingerprint density at radius 3 is 2.19 bits per heavy atom. The number of carbonyl (C=O) groups is 2. The summed E-state index contributed by atoms with van der Waals surface area (Å²) >= 11 is 0. The molecule has 0 aliphatic heterocycles. The van der Waals surface area contributed by atoms with Gasteiger partial charge in [-0.25, -0.2) is 4.39 Å². The zero-order valence-electron chi connectivity index (χ0n) is 15.0. The van der Waals surface area contributed by atoms with Crippen molar-refractivity contribution in [1.82, 2.24) is 0 Å². The van der Waals surface area contributed by atoms with Crippen LogP contribution in [0.3, 0.4) is 0 Å². The highest BCUT2D eigenvalue weighted by atomic mass is 19.1. The van der Waals surface area contributed by atoms with Gasteiger partial charge in [-0.15, -0.1) is 0 Å². The van der Waals surface area contributed by atoms with Gasteiger partial charge in [-0.1, -0.05) is 26.0 Å². The van der Waals surface area contributed by atoms with Gasteiger partial charge < -0.3 is 16.4 Å². The number of benzene rings is 2. The minimum absolute atomic E-state index is 0.160. The Balaban J connectivity index is 2.14. The molecule has 2 aromatic carbocycles. The van der Waals surface area contributed by atoms with Crippen LogP contribution in [-0.2, 0) is 4.79 Å². The molecule has 0 saturated carbocycles. The van der Waals surface area contributed by atoms with Crippen LogP contribution in [0.5, 0.6) is 0 Å². The van der Waals surface area contributed by atoms with Crippen molar-refractivity contribution < 1.29 is 14.0 Å². The topological polar surface area (TPSA) is 84.2 Å². The molecule has 0 spiro atoms. The summed E-state index contributed by atoms with van der Waals surface area (Å²) in [5, 5.41) is 5.48. The van der Waals surface area contributed by atoms with E-state index in [2.05, 4.69) is 10.6 Å². The predicted octanol–water partition coefficient (Wildman–Crippen LogP) is 3.78. The zero-order valence-corrected chi connectivity index (χ0v) is 15.0. The molecule has 2 rings (SSSR count). The summed E-state index contributed by atoms with van der Waals surface area (Å²) in [5.41, 5.74) is 6.42. The fourth-order valence-electron chi connectivity index (χ4n) is 2.72. The molecule has 4 N–H and O–H groups in total. The number of rotatable bonds is 7. The van der Waals surface area contributed by atoms with Gasteiger partial charge in [0.25, 0.3) is 5.91 Å². The number of carbonyl (C=O) groups excluding carboxylic acids is 2. The maximum absolute atomic E-state index is 13.2. The molecule has 0 fully saturated rings. The summed E-state index contributed by atoms with van der Waals surface area (Å²) in [6, 6.07) is 12.3. The molecule has 0 heterocycles. The minimum atomic E-state index is -0.625. The van der Waals surface area contributed by atoms with E-state index in [4.69, 9.17) is 5.73 Å². The standard InChI is InChI=1S/C20H24FN3O2/c1-3-20(4-2,13-22)19(26)24-16-9-5-7-14(11-16)18(25)23-17-10-6-8-15(21)12-17/h5-12H,3-4,13,22H2,1-2H3,(H,23,25)(H,24,26). The van der Waals surface area contributed by atoms with Gasteiger partial charge in [0, 0.05) is 23.5 Å². The van der Waals surface area contributed by atoms with Crippen molar-refractivity contribution in [1.29, 1.82) is 0 Å². The van der Waals surface area contributed by atoms with Crippen LogP contribution >= 0.6 is 0 Å². The molecule has 6 heteroatoms. The lowest BCUT2D eigenvalue weighted by molar-refractivity contribution is -0.125. The van der Waals surface area contributed by atoms with Crippen LogP contribution in [0.4, 0.5) is 15.8 Å².